The molecule has 0 aliphatic heterocycles. The second-order valence-electron chi connectivity index (χ2n) is 10.9. The average Bonchev–Trinajstić information content (AvgIpc) is 3.51. The third-order valence-electron chi connectivity index (χ3n) is 8.52. The van der Waals surface area contributed by atoms with Crippen LogP contribution in [-0.2, 0) is 0 Å². The second kappa shape index (κ2) is 9.44. The molecule has 0 radical (unpaired) electrons. The fourth-order valence-electron chi connectivity index (χ4n) is 6.68. The standard InChI is InChI=1S/C42H26O/c1-2-11-27(12-3-1)29-14-10-15-30(25-29)40-33-17-6-8-19-35(33)41(36-20-9-7-18-34(36)40)31-21-23-37-39(26-31)43-38-24-22-28-13-4-5-16-32(28)42(37)38/h1-26H/i1D,2D,3D,11D,12D. The van der Waals surface area contributed by atoms with E-state index in [1.165, 1.54) is 10.8 Å². The maximum absolute atomic E-state index is 8.59. The molecule has 0 spiro atoms. The van der Waals surface area contributed by atoms with Gasteiger partial charge < -0.3 is 4.42 Å². The lowest BCUT2D eigenvalue weighted by Gasteiger charge is -2.18. The highest BCUT2D eigenvalue weighted by Gasteiger charge is 2.18. The van der Waals surface area contributed by atoms with E-state index in [0.717, 1.165) is 65.7 Å². The molecular formula is C42H26O. The Labute approximate surface area is 256 Å². The highest BCUT2D eigenvalue weighted by molar-refractivity contribution is 6.23. The molecule has 0 bridgehead atoms. The molecule has 0 saturated heterocycles. The quantitative estimate of drug-likeness (QED) is 0.199. The third-order valence-corrected chi connectivity index (χ3v) is 8.52. The largest absolute Gasteiger partial charge is 0.456 e. The highest BCUT2D eigenvalue weighted by atomic mass is 16.3. The first-order chi connectivity index (χ1) is 23.4. The summed E-state index contributed by atoms with van der Waals surface area (Å²) in [4.78, 5) is 0. The van der Waals surface area contributed by atoms with Crippen LogP contribution in [0.25, 0.3) is 87.6 Å². The van der Waals surface area contributed by atoms with E-state index in [1.54, 1.807) is 0 Å². The molecule has 0 aliphatic rings. The minimum absolute atomic E-state index is 0.194. The highest BCUT2D eigenvalue weighted by Crippen LogP contribution is 2.45. The van der Waals surface area contributed by atoms with Gasteiger partial charge in [-0.1, -0.05) is 133 Å². The van der Waals surface area contributed by atoms with Crippen LogP contribution in [0.15, 0.2) is 162 Å². The van der Waals surface area contributed by atoms with Gasteiger partial charge in [0.1, 0.15) is 11.2 Å². The smallest absolute Gasteiger partial charge is 0.136 e. The summed E-state index contributed by atoms with van der Waals surface area (Å²) >= 11 is 0. The zero-order valence-corrected chi connectivity index (χ0v) is 23.0. The van der Waals surface area contributed by atoms with Gasteiger partial charge in [0.05, 0.1) is 6.85 Å². The summed E-state index contributed by atoms with van der Waals surface area (Å²) < 4.78 is 48.1. The molecule has 0 saturated carbocycles. The lowest BCUT2D eigenvalue weighted by molar-refractivity contribution is 0.669. The van der Waals surface area contributed by atoms with E-state index in [1.807, 2.05) is 36.4 Å². The van der Waals surface area contributed by atoms with Gasteiger partial charge in [0.2, 0.25) is 0 Å². The molecule has 43 heavy (non-hydrogen) atoms. The van der Waals surface area contributed by atoms with Crippen molar-refractivity contribution < 1.29 is 11.3 Å². The number of furan rings is 1. The van der Waals surface area contributed by atoms with E-state index < -0.39 is 6.04 Å². The van der Waals surface area contributed by atoms with Gasteiger partial charge in [0.15, 0.2) is 0 Å². The molecule has 0 atom stereocenters. The molecule has 0 unspecified atom stereocenters. The first kappa shape index (κ1) is 19.5. The van der Waals surface area contributed by atoms with Crippen LogP contribution in [0.4, 0.5) is 0 Å². The van der Waals surface area contributed by atoms with Crippen LogP contribution in [0.2, 0.25) is 0 Å². The van der Waals surface area contributed by atoms with Crippen molar-refractivity contribution in [3.8, 4) is 33.4 Å². The number of hydrogen-bond acceptors (Lipinski definition) is 1. The van der Waals surface area contributed by atoms with E-state index in [4.69, 9.17) is 11.3 Å². The Morgan fingerprint density at radius 2 is 1.00 bits per heavy atom. The van der Waals surface area contributed by atoms with E-state index >= 15 is 0 Å². The molecule has 1 nitrogen and oxygen atoms in total. The predicted octanol–water partition coefficient (Wildman–Crippen LogP) is 12.0. The third kappa shape index (κ3) is 3.72. The van der Waals surface area contributed by atoms with Gasteiger partial charge >= 0.3 is 0 Å². The van der Waals surface area contributed by atoms with Gasteiger partial charge in [-0.25, -0.2) is 0 Å². The zero-order valence-electron chi connectivity index (χ0n) is 28.0. The van der Waals surface area contributed by atoms with Gasteiger partial charge in [-0.15, -0.1) is 0 Å². The Hall–Kier alpha value is -5.66. The summed E-state index contributed by atoms with van der Waals surface area (Å²) in [7, 11) is 0. The van der Waals surface area contributed by atoms with Gasteiger partial charge in [0, 0.05) is 10.8 Å². The SMILES string of the molecule is [2H]c1c([2H])c([2H])c(-c2cccc(-c3c4ccccc4c(-c4ccc5c(c4)oc4ccc6ccccc6c45)c4ccccc34)c2)c([2H])c1[2H]. The molecule has 0 amide bonds. The fraction of sp³-hybridized carbons (Fsp3) is 0. The summed E-state index contributed by atoms with van der Waals surface area (Å²) in [5.74, 6) is 0. The molecule has 1 heterocycles. The maximum Gasteiger partial charge on any atom is 0.136 e. The zero-order chi connectivity index (χ0) is 32.7. The van der Waals surface area contributed by atoms with Crippen molar-refractivity contribution in [2.24, 2.45) is 0 Å². The van der Waals surface area contributed by atoms with Crippen molar-refractivity contribution in [2.45, 2.75) is 0 Å². The normalized spacial score (nSPS) is 13.3. The molecular weight excluding hydrogens is 520 g/mol. The molecule has 1 heteroatoms. The summed E-state index contributed by atoms with van der Waals surface area (Å²) in [6, 6.07) is 42.0. The molecule has 9 aromatic rings. The Balaban J connectivity index is 1.30. The number of benzene rings is 8. The van der Waals surface area contributed by atoms with E-state index in [0.29, 0.717) is 5.56 Å². The lowest BCUT2D eigenvalue weighted by atomic mass is 9.85. The van der Waals surface area contributed by atoms with Gasteiger partial charge in [-0.2, -0.15) is 0 Å². The summed E-state index contributed by atoms with van der Waals surface area (Å²) in [6.07, 6.45) is 0. The van der Waals surface area contributed by atoms with Gasteiger partial charge in [-0.3, -0.25) is 0 Å². The van der Waals surface area contributed by atoms with Gasteiger partial charge in [-0.05, 0) is 90.0 Å². The van der Waals surface area contributed by atoms with Crippen LogP contribution in [0.3, 0.4) is 0 Å². The molecule has 1 aromatic heterocycles. The Morgan fingerprint density at radius 1 is 0.395 bits per heavy atom. The van der Waals surface area contributed by atoms with Crippen LogP contribution >= 0.6 is 0 Å². The fourth-order valence-corrected chi connectivity index (χ4v) is 6.68. The number of fused-ring (bicyclic) bond motifs is 7. The van der Waals surface area contributed by atoms with Crippen molar-refractivity contribution in [1.82, 2.24) is 0 Å². The number of rotatable bonds is 3. The first-order valence-corrected chi connectivity index (χ1v) is 14.4. The van der Waals surface area contributed by atoms with E-state index in [9.17, 15) is 0 Å². The topological polar surface area (TPSA) is 13.1 Å². The number of hydrogen-bond donors (Lipinski definition) is 0. The minimum atomic E-state index is -0.397. The van der Waals surface area contributed by atoms with Crippen molar-refractivity contribution in [3.63, 3.8) is 0 Å². The monoisotopic (exact) mass is 551 g/mol. The maximum atomic E-state index is 8.59. The molecule has 0 N–H and O–H groups in total. The van der Waals surface area contributed by atoms with E-state index in [-0.39, 0.29) is 29.7 Å². The van der Waals surface area contributed by atoms with Crippen LogP contribution in [0, 0.1) is 0 Å². The van der Waals surface area contributed by atoms with Crippen molar-refractivity contribution in [1.29, 1.82) is 0 Å². The minimum Gasteiger partial charge on any atom is -0.456 e. The Morgan fingerprint density at radius 3 is 1.70 bits per heavy atom. The summed E-state index contributed by atoms with van der Waals surface area (Å²) in [5.41, 5.74) is 6.56. The molecule has 0 fully saturated rings. The van der Waals surface area contributed by atoms with Crippen LogP contribution in [-0.4, -0.2) is 0 Å². The molecule has 8 aromatic carbocycles. The molecule has 200 valence electrons. The van der Waals surface area contributed by atoms with Crippen molar-refractivity contribution in [2.75, 3.05) is 0 Å². The Kier molecular flexibility index (Phi) is 4.27. The molecule has 0 aliphatic carbocycles. The summed E-state index contributed by atoms with van der Waals surface area (Å²) in [5, 5.41) is 8.84. The second-order valence-corrected chi connectivity index (χ2v) is 10.9. The van der Waals surface area contributed by atoms with Crippen molar-refractivity contribution in [3.05, 3.63) is 158 Å². The predicted molar refractivity (Wildman–Crippen MR) is 183 cm³/mol. The lowest BCUT2D eigenvalue weighted by Crippen LogP contribution is -1.91. The van der Waals surface area contributed by atoms with E-state index in [2.05, 4.69) is 91.0 Å². The Bertz CT molecular complexity index is 2710. The average molecular weight is 552 g/mol. The van der Waals surface area contributed by atoms with Crippen LogP contribution in [0.5, 0.6) is 0 Å². The summed E-state index contributed by atoms with van der Waals surface area (Å²) in [6.45, 7) is 0. The first-order valence-electron chi connectivity index (χ1n) is 16.9. The molecule has 9 rings (SSSR count). The van der Waals surface area contributed by atoms with Gasteiger partial charge in [0.25, 0.3) is 0 Å². The van der Waals surface area contributed by atoms with Crippen LogP contribution in [0.1, 0.15) is 6.85 Å². The van der Waals surface area contributed by atoms with Crippen LogP contribution < -0.4 is 0 Å². The van der Waals surface area contributed by atoms with Crippen molar-refractivity contribution >= 4 is 54.3 Å².